The number of benzene rings is 2. The number of aromatic nitrogens is 1. The second-order valence-electron chi connectivity index (χ2n) is 8.19. The topological polar surface area (TPSA) is 166 Å². The van der Waals surface area contributed by atoms with Crippen LogP contribution in [0.15, 0.2) is 46.2 Å². The number of fused-ring (bicyclic) bond motifs is 1. The summed E-state index contributed by atoms with van der Waals surface area (Å²) < 4.78 is 56.6. The van der Waals surface area contributed by atoms with E-state index >= 15 is 0 Å². The number of ether oxygens (including phenoxy) is 1. The van der Waals surface area contributed by atoms with Crippen molar-refractivity contribution in [3.05, 3.63) is 46.5 Å². The number of piperidine rings is 1. The maximum absolute atomic E-state index is 13.0. The fraction of sp³-hybridized carbons (Fsp3) is 0.333. The van der Waals surface area contributed by atoms with Crippen LogP contribution in [0.1, 0.15) is 12.8 Å². The number of hydrogen-bond donors (Lipinski definition) is 1. The molecule has 36 heavy (non-hydrogen) atoms. The van der Waals surface area contributed by atoms with E-state index in [4.69, 9.17) is 4.74 Å². The molecule has 1 amide bonds. The van der Waals surface area contributed by atoms with Crippen LogP contribution in [0.5, 0.6) is 5.75 Å². The van der Waals surface area contributed by atoms with Gasteiger partial charge in [0.2, 0.25) is 15.9 Å². The lowest BCUT2D eigenvalue weighted by Crippen LogP contribution is -2.41. The smallest absolute Gasteiger partial charge is 0.274 e. The van der Waals surface area contributed by atoms with Gasteiger partial charge < -0.3 is 10.1 Å². The fourth-order valence-electron chi connectivity index (χ4n) is 3.88. The highest BCUT2D eigenvalue weighted by Crippen LogP contribution is 2.36. The number of sulfonamides is 1. The van der Waals surface area contributed by atoms with E-state index in [0.717, 1.165) is 23.7 Å². The number of nitrogens with one attached hydrogen (secondary N) is 1. The molecule has 1 aliphatic heterocycles. The van der Waals surface area contributed by atoms with Crippen LogP contribution in [0.3, 0.4) is 0 Å². The zero-order valence-corrected chi connectivity index (χ0v) is 21.7. The number of anilines is 1. The average molecular weight is 555 g/mol. The van der Waals surface area contributed by atoms with Crippen LogP contribution in [0.4, 0.5) is 10.8 Å². The molecule has 2 aromatic carbocycles. The van der Waals surface area contributed by atoms with Crippen LogP contribution in [-0.2, 0) is 24.7 Å². The van der Waals surface area contributed by atoms with Gasteiger partial charge in [-0.1, -0.05) is 17.4 Å². The Labute approximate surface area is 211 Å². The minimum atomic E-state index is -3.93. The predicted molar refractivity (Wildman–Crippen MR) is 132 cm³/mol. The Hall–Kier alpha value is -3.14. The Kier molecular flexibility index (Phi) is 7.01. The van der Waals surface area contributed by atoms with Crippen LogP contribution >= 0.6 is 11.3 Å². The molecule has 1 aliphatic rings. The van der Waals surface area contributed by atoms with E-state index in [1.807, 2.05) is 0 Å². The Bertz CT molecular complexity index is 1560. The van der Waals surface area contributed by atoms with Gasteiger partial charge in [-0.25, -0.2) is 21.8 Å². The van der Waals surface area contributed by atoms with Crippen LogP contribution in [-0.4, -0.2) is 63.4 Å². The van der Waals surface area contributed by atoms with E-state index in [0.29, 0.717) is 10.2 Å². The minimum Gasteiger partial charge on any atom is -0.494 e. The molecule has 0 aliphatic carbocycles. The molecule has 0 saturated carbocycles. The zero-order valence-electron chi connectivity index (χ0n) is 19.2. The molecule has 0 spiro atoms. The third kappa shape index (κ3) is 5.18. The third-order valence-corrected chi connectivity index (χ3v) is 9.72. The van der Waals surface area contributed by atoms with Crippen molar-refractivity contribution < 1.29 is 31.3 Å². The van der Waals surface area contributed by atoms with E-state index in [1.165, 1.54) is 41.7 Å². The standard InChI is InChI=1S/C21H22N4O8S3/c1-33-17-10-14(25(27)28)11-18-19(17)22-21(34-18)23-20(26)13-6-8-24(9-7-13)36(31,32)16-5-3-4-15(12-16)35(2,29)30/h3-5,10-13H,6-9H2,1-2H3,(H,22,23,26). The molecule has 0 atom stereocenters. The lowest BCUT2D eigenvalue weighted by Gasteiger charge is -2.30. The second kappa shape index (κ2) is 9.72. The van der Waals surface area contributed by atoms with Crippen molar-refractivity contribution in [1.82, 2.24) is 9.29 Å². The Balaban J connectivity index is 1.45. The average Bonchev–Trinajstić information content (AvgIpc) is 3.25. The van der Waals surface area contributed by atoms with Crippen molar-refractivity contribution in [3.8, 4) is 5.75 Å². The molecule has 192 valence electrons. The van der Waals surface area contributed by atoms with Crippen molar-refractivity contribution in [2.24, 2.45) is 5.92 Å². The molecule has 1 N–H and O–H groups in total. The van der Waals surface area contributed by atoms with Crippen LogP contribution in [0, 0.1) is 16.0 Å². The molecule has 12 nitrogen and oxygen atoms in total. The van der Waals surface area contributed by atoms with Gasteiger partial charge in [0.05, 0.1) is 32.6 Å². The van der Waals surface area contributed by atoms with Crippen molar-refractivity contribution >= 4 is 58.1 Å². The Morgan fingerprint density at radius 1 is 1.17 bits per heavy atom. The fourth-order valence-corrected chi connectivity index (χ4v) is 7.06. The first kappa shape index (κ1) is 25.9. The highest BCUT2D eigenvalue weighted by molar-refractivity contribution is 7.91. The molecule has 1 saturated heterocycles. The first-order valence-corrected chi connectivity index (χ1v) is 14.8. The number of non-ortho nitro benzene ring substituents is 1. The van der Waals surface area contributed by atoms with Crippen LogP contribution in [0.25, 0.3) is 10.2 Å². The van der Waals surface area contributed by atoms with Gasteiger partial charge in [0, 0.05) is 31.3 Å². The van der Waals surface area contributed by atoms with Gasteiger partial charge in [0.25, 0.3) is 5.69 Å². The summed E-state index contributed by atoms with van der Waals surface area (Å²) in [5.41, 5.74) is 0.233. The number of nitro benzene ring substituents is 1. The van der Waals surface area contributed by atoms with Gasteiger partial charge in [-0.3, -0.25) is 14.9 Å². The number of nitrogens with zero attached hydrogens (tertiary/aromatic N) is 3. The SMILES string of the molecule is COc1cc([N+](=O)[O-])cc2sc(NC(=O)C3CCN(S(=O)(=O)c4cccc(S(C)(=O)=O)c4)CC3)nc12. The second-order valence-corrected chi connectivity index (χ2v) is 13.2. The van der Waals surface area contributed by atoms with Gasteiger partial charge in [0.1, 0.15) is 5.52 Å². The van der Waals surface area contributed by atoms with Crippen molar-refractivity contribution in [3.63, 3.8) is 0 Å². The molecule has 0 unspecified atom stereocenters. The molecule has 0 radical (unpaired) electrons. The van der Waals surface area contributed by atoms with Crippen molar-refractivity contribution in [2.45, 2.75) is 22.6 Å². The van der Waals surface area contributed by atoms with Gasteiger partial charge >= 0.3 is 0 Å². The maximum atomic E-state index is 13.0. The van der Waals surface area contributed by atoms with Crippen LogP contribution < -0.4 is 10.1 Å². The summed E-state index contributed by atoms with van der Waals surface area (Å²) in [5, 5.41) is 14.1. The molecular formula is C21H22N4O8S3. The molecule has 0 bridgehead atoms. The van der Waals surface area contributed by atoms with Crippen LogP contribution in [0.2, 0.25) is 0 Å². The molecule has 15 heteroatoms. The summed E-state index contributed by atoms with van der Waals surface area (Å²) in [7, 11) is -6.13. The van der Waals surface area contributed by atoms with Gasteiger partial charge in [0.15, 0.2) is 20.7 Å². The van der Waals surface area contributed by atoms with E-state index < -0.39 is 30.7 Å². The summed E-state index contributed by atoms with van der Waals surface area (Å²) in [5.74, 6) is -0.588. The maximum Gasteiger partial charge on any atom is 0.274 e. The van der Waals surface area contributed by atoms with Gasteiger partial charge in [-0.2, -0.15) is 4.31 Å². The highest BCUT2D eigenvalue weighted by Gasteiger charge is 2.33. The molecule has 1 aromatic heterocycles. The first-order chi connectivity index (χ1) is 16.9. The number of rotatable bonds is 7. The normalized spacial score (nSPS) is 15.6. The first-order valence-electron chi connectivity index (χ1n) is 10.6. The summed E-state index contributed by atoms with van der Waals surface area (Å²) in [6, 6.07) is 7.80. The molecule has 4 rings (SSSR count). The van der Waals surface area contributed by atoms with Crippen molar-refractivity contribution in [2.75, 3.05) is 31.8 Å². The van der Waals surface area contributed by atoms with E-state index in [-0.39, 0.29) is 58.2 Å². The number of amides is 1. The number of carbonyl (C=O) groups is 1. The van der Waals surface area contributed by atoms with E-state index in [2.05, 4.69) is 10.3 Å². The van der Waals surface area contributed by atoms with Gasteiger partial charge in [-0.15, -0.1) is 0 Å². The molecular weight excluding hydrogens is 532 g/mol. The summed E-state index contributed by atoms with van der Waals surface area (Å²) in [6.07, 6.45) is 1.53. The monoisotopic (exact) mass is 554 g/mol. The lowest BCUT2D eigenvalue weighted by molar-refractivity contribution is -0.384. The highest BCUT2D eigenvalue weighted by atomic mass is 32.2. The lowest BCUT2D eigenvalue weighted by atomic mass is 9.97. The Morgan fingerprint density at radius 3 is 2.44 bits per heavy atom. The number of sulfone groups is 1. The number of hydrogen-bond acceptors (Lipinski definition) is 10. The largest absolute Gasteiger partial charge is 0.494 e. The third-order valence-electron chi connectivity index (χ3n) is 5.80. The quantitative estimate of drug-likeness (QED) is 0.341. The zero-order chi connectivity index (χ0) is 26.3. The Morgan fingerprint density at radius 2 is 1.83 bits per heavy atom. The molecule has 2 heterocycles. The number of nitro groups is 1. The summed E-state index contributed by atoms with van der Waals surface area (Å²) >= 11 is 1.07. The van der Waals surface area contributed by atoms with Gasteiger partial charge in [-0.05, 0) is 31.0 Å². The summed E-state index contributed by atoms with van der Waals surface area (Å²) in [4.78, 5) is 27.6. The van der Waals surface area contributed by atoms with E-state index in [1.54, 1.807) is 0 Å². The molecule has 3 aromatic rings. The molecule has 1 fully saturated rings. The number of carbonyl (C=O) groups excluding carboxylic acids is 1. The predicted octanol–water partition coefficient (Wildman–Crippen LogP) is 2.66. The van der Waals surface area contributed by atoms with Crippen molar-refractivity contribution in [1.29, 1.82) is 0 Å². The number of methoxy groups -OCH3 is 1. The number of thiazole rings is 1. The van der Waals surface area contributed by atoms with E-state index in [9.17, 15) is 31.7 Å². The summed E-state index contributed by atoms with van der Waals surface area (Å²) in [6.45, 7) is 0.173. The minimum absolute atomic E-state index is 0.0867.